The van der Waals surface area contributed by atoms with E-state index < -0.39 is 24.4 Å². The van der Waals surface area contributed by atoms with Gasteiger partial charge in [0, 0.05) is 12.4 Å². The molecule has 0 fully saturated rings. The van der Waals surface area contributed by atoms with Gasteiger partial charge >= 0.3 is 88.7 Å². The van der Waals surface area contributed by atoms with Crippen LogP contribution in [0.2, 0.25) is 0 Å². The Balaban J connectivity index is -0.000000202. The Morgan fingerprint density at radius 1 is 1.27 bits per heavy atom. The van der Waals surface area contributed by atoms with E-state index in [4.69, 9.17) is 0 Å². The van der Waals surface area contributed by atoms with Crippen molar-refractivity contribution in [2.24, 2.45) is 0 Å². The number of carboxylic acids is 2. The Hall–Kier alpha value is 2.05. The van der Waals surface area contributed by atoms with Crippen LogP contribution in [0.5, 0.6) is 0 Å². The molecule has 0 radical (unpaired) electrons. The first-order valence-electron chi connectivity index (χ1n) is 2.81. The van der Waals surface area contributed by atoms with Gasteiger partial charge in [-0.2, -0.15) is 0 Å². The van der Waals surface area contributed by atoms with E-state index in [1.54, 1.807) is 0 Å². The first-order valence-corrected chi connectivity index (χ1v) is 3.63. The number of aliphatic carboxylic acids is 2. The third-order valence-electron chi connectivity index (χ3n) is 0.947. The fourth-order valence-electron chi connectivity index (χ4n) is 0.502. The van der Waals surface area contributed by atoms with Crippen molar-refractivity contribution in [2.45, 2.75) is 12.5 Å². The Bertz CT molecular complexity index is 212. The van der Waals surface area contributed by atoms with E-state index in [1.165, 1.54) is 0 Å². The maximum Gasteiger partial charge on any atom is 1.00 e. The Morgan fingerprint density at radius 3 is 1.87 bits per heavy atom. The third kappa shape index (κ3) is 16.1. The van der Waals surface area contributed by atoms with Gasteiger partial charge < -0.3 is 50.0 Å². The summed E-state index contributed by atoms with van der Waals surface area (Å²) in [6.07, 6.45) is -0.723. The van der Waals surface area contributed by atoms with Gasteiger partial charge in [0.2, 0.25) is 0 Å². The van der Waals surface area contributed by atoms with Crippen LogP contribution in [0.3, 0.4) is 0 Å². The van der Waals surface area contributed by atoms with Crippen LogP contribution in [0.4, 0.5) is 0 Å². The van der Waals surface area contributed by atoms with E-state index in [-0.39, 0.29) is 93.0 Å². The first kappa shape index (κ1) is 25.8. The second-order valence-corrected chi connectivity index (χ2v) is 2.95. The van der Waals surface area contributed by atoms with Crippen molar-refractivity contribution in [1.82, 2.24) is 5.32 Å². The van der Waals surface area contributed by atoms with Gasteiger partial charge in [-0.1, -0.05) is 4.32 Å². The second-order valence-electron chi connectivity index (χ2n) is 1.88. The van der Waals surface area contributed by atoms with Crippen molar-refractivity contribution >= 4 is 41.1 Å². The zero-order valence-corrected chi connectivity index (χ0v) is 16.4. The zero-order chi connectivity index (χ0) is 9.72. The molecule has 0 aliphatic carbocycles. The summed E-state index contributed by atoms with van der Waals surface area (Å²) in [5, 5.41) is 22.2. The normalized spacial score (nSPS) is 9.33. The van der Waals surface area contributed by atoms with E-state index in [2.05, 4.69) is 30.2 Å². The molecule has 1 atom stereocenters. The third-order valence-corrected chi connectivity index (χ3v) is 1.18. The number of nitrogens with one attached hydrogen (secondary N) is 1. The molecule has 10 heteroatoms. The van der Waals surface area contributed by atoms with Crippen LogP contribution in [0.25, 0.3) is 0 Å². The molecule has 0 unspecified atom stereocenters. The minimum Gasteiger partial charge on any atom is -0.550 e. The van der Waals surface area contributed by atoms with Crippen LogP contribution in [0.15, 0.2) is 0 Å². The topological polar surface area (TPSA) is 92.3 Å². The van der Waals surface area contributed by atoms with Gasteiger partial charge in [0.05, 0.1) is 12.0 Å². The largest absolute Gasteiger partial charge is 1.00 e. The molecule has 0 saturated heterocycles. The van der Waals surface area contributed by atoms with Crippen LogP contribution in [-0.4, -0.2) is 22.3 Å². The van der Waals surface area contributed by atoms with Gasteiger partial charge in [-0.05, 0) is 0 Å². The van der Waals surface area contributed by atoms with Crippen LogP contribution in [-0.2, 0) is 22.2 Å². The summed E-state index contributed by atoms with van der Waals surface area (Å²) < 4.78 is -0.217. The molecular weight excluding hydrogens is 271 g/mol. The van der Waals surface area contributed by atoms with E-state index in [0.29, 0.717) is 0 Å². The summed E-state index contributed by atoms with van der Waals surface area (Å²) in [6.45, 7) is 0. The summed E-state index contributed by atoms with van der Waals surface area (Å²) in [6, 6.07) is -1.42. The average Bonchev–Trinajstić information content (AvgIpc) is 1.83. The molecule has 0 rings (SSSR count). The molecule has 0 aromatic heterocycles. The molecule has 0 saturated carbocycles. The molecular formula is C5H4NNa3O4S2. The van der Waals surface area contributed by atoms with Crippen molar-refractivity contribution < 1.29 is 108 Å². The van der Waals surface area contributed by atoms with Crippen LogP contribution in [0.1, 0.15) is 6.42 Å². The number of thiocarbonyl (C=S) groups is 1. The van der Waals surface area contributed by atoms with Gasteiger partial charge in [0.15, 0.2) is 0 Å². The monoisotopic (exact) mass is 275 g/mol. The quantitative estimate of drug-likeness (QED) is 0.309. The second kappa shape index (κ2) is 14.1. The standard InChI is InChI=1S/C5H7NO4S2.3Na/c7-3(8)1-2(4(9)10)6-5(11)12;;;/h2H,1H2,(H,7,8)(H,9,10)(H2,6,11,12);;;/q;3*+1/p-3/t2-;;;/m0.../s1. The van der Waals surface area contributed by atoms with Crippen molar-refractivity contribution in [2.75, 3.05) is 0 Å². The summed E-state index contributed by atoms with van der Waals surface area (Å²) in [5.74, 6) is -3.09. The maximum atomic E-state index is 10.2. The van der Waals surface area contributed by atoms with Gasteiger partial charge in [0.1, 0.15) is 0 Å². The van der Waals surface area contributed by atoms with Gasteiger partial charge in [-0.15, -0.1) is 0 Å². The fourth-order valence-corrected chi connectivity index (χ4v) is 0.787. The number of hydrogen-bond acceptors (Lipinski definition) is 6. The summed E-state index contributed by atoms with van der Waals surface area (Å²) in [4.78, 5) is 20.2. The summed E-state index contributed by atoms with van der Waals surface area (Å²) in [5.41, 5.74) is 0. The summed E-state index contributed by atoms with van der Waals surface area (Å²) in [7, 11) is 0. The number of hydrogen-bond donors (Lipinski definition) is 1. The van der Waals surface area contributed by atoms with Crippen LogP contribution in [0, 0.1) is 0 Å². The molecule has 0 spiro atoms. The Morgan fingerprint density at radius 2 is 1.67 bits per heavy atom. The van der Waals surface area contributed by atoms with Gasteiger partial charge in [-0.25, -0.2) is 0 Å². The number of carbonyl (C=O) groups excluding carboxylic acids is 2. The van der Waals surface area contributed by atoms with Crippen LogP contribution < -0.4 is 104 Å². The molecule has 0 heterocycles. The fraction of sp³-hybridized carbons (Fsp3) is 0.400. The van der Waals surface area contributed by atoms with Crippen molar-refractivity contribution in [3.8, 4) is 0 Å². The minimum absolute atomic E-state index is 0. The molecule has 68 valence electrons. The smallest absolute Gasteiger partial charge is 0.550 e. The molecule has 5 nitrogen and oxygen atoms in total. The minimum atomic E-state index is -1.58. The van der Waals surface area contributed by atoms with Crippen molar-refractivity contribution in [3.63, 3.8) is 0 Å². The maximum absolute atomic E-state index is 10.2. The van der Waals surface area contributed by atoms with Gasteiger partial charge in [0.25, 0.3) is 0 Å². The summed E-state index contributed by atoms with van der Waals surface area (Å²) >= 11 is 8.69. The molecule has 0 aliphatic rings. The van der Waals surface area contributed by atoms with E-state index >= 15 is 0 Å². The molecule has 15 heavy (non-hydrogen) atoms. The number of carboxylic acid groups (broad SMARTS) is 2. The SMILES string of the molecule is O=C([O-])C[C@H](NC(=S)[S-])C(=O)[O-].[Na+].[Na+].[Na+]. The van der Waals surface area contributed by atoms with Crippen LogP contribution >= 0.6 is 12.2 Å². The van der Waals surface area contributed by atoms with Crippen molar-refractivity contribution in [1.29, 1.82) is 0 Å². The van der Waals surface area contributed by atoms with E-state index in [9.17, 15) is 19.8 Å². The molecule has 0 bridgehead atoms. The van der Waals surface area contributed by atoms with E-state index in [0.717, 1.165) is 0 Å². The Labute approximate surface area is 164 Å². The molecule has 1 N–H and O–H groups in total. The van der Waals surface area contributed by atoms with Gasteiger partial charge in [-0.3, -0.25) is 0 Å². The predicted octanol–water partition coefficient (Wildman–Crippen LogP) is -12.3. The first-order chi connectivity index (χ1) is 5.43. The predicted molar refractivity (Wildman–Crippen MR) is 41.5 cm³/mol. The van der Waals surface area contributed by atoms with E-state index in [1.807, 2.05) is 0 Å². The molecule has 0 aromatic rings. The Kier molecular flexibility index (Phi) is 24.3. The molecule has 0 aromatic carbocycles. The zero-order valence-electron chi connectivity index (χ0n) is 8.73. The average molecular weight is 275 g/mol. The number of carbonyl (C=O) groups is 2. The molecule has 0 amide bonds. The molecule has 0 aliphatic heterocycles. The number of rotatable bonds is 4. The van der Waals surface area contributed by atoms with Crippen molar-refractivity contribution in [3.05, 3.63) is 0 Å².